The van der Waals surface area contributed by atoms with Crippen molar-refractivity contribution in [2.45, 2.75) is 57.9 Å². The molecule has 0 radical (unpaired) electrons. The molecule has 1 atom stereocenters. The summed E-state index contributed by atoms with van der Waals surface area (Å²) in [4.78, 5) is 19.3. The molecule has 33 heavy (non-hydrogen) atoms. The molecule has 0 spiro atoms. The van der Waals surface area contributed by atoms with Crippen LogP contribution in [0.25, 0.3) is 0 Å². The first-order valence-corrected chi connectivity index (χ1v) is 11.2. The van der Waals surface area contributed by atoms with Crippen molar-refractivity contribution in [1.82, 2.24) is 15.3 Å². The van der Waals surface area contributed by atoms with Gasteiger partial charge >= 0.3 is 6.18 Å². The summed E-state index contributed by atoms with van der Waals surface area (Å²) >= 11 is 6.39. The van der Waals surface area contributed by atoms with E-state index in [9.17, 15) is 18.0 Å². The highest BCUT2D eigenvalue weighted by Crippen LogP contribution is 2.33. The van der Waals surface area contributed by atoms with E-state index < -0.39 is 11.7 Å². The molecule has 2 aromatic rings. The SMILES string of the molecule is CC(=O)N[C@@H](C)COC1CC(COc2ncnc(CCc3cccc(C(F)(F)F)c3)c2Cl)C1. The molecule has 1 N–H and O–H groups in total. The summed E-state index contributed by atoms with van der Waals surface area (Å²) < 4.78 is 50.3. The molecule has 180 valence electrons. The van der Waals surface area contributed by atoms with Crippen LogP contribution in [0, 0.1) is 5.92 Å². The van der Waals surface area contributed by atoms with Crippen LogP contribution in [0.3, 0.4) is 0 Å². The van der Waals surface area contributed by atoms with E-state index in [1.165, 1.54) is 19.3 Å². The van der Waals surface area contributed by atoms with Crippen molar-refractivity contribution >= 4 is 17.5 Å². The van der Waals surface area contributed by atoms with E-state index in [0.717, 1.165) is 25.0 Å². The van der Waals surface area contributed by atoms with Crippen LogP contribution in [0.2, 0.25) is 5.02 Å². The second-order valence-corrected chi connectivity index (χ2v) is 8.72. The Hall–Kier alpha value is -2.39. The number of alkyl halides is 3. The molecule has 3 rings (SSSR count). The third-order valence-electron chi connectivity index (χ3n) is 5.41. The molecule has 0 bridgehead atoms. The highest BCUT2D eigenvalue weighted by molar-refractivity contribution is 6.32. The molecule has 6 nitrogen and oxygen atoms in total. The van der Waals surface area contributed by atoms with Gasteiger partial charge in [0.1, 0.15) is 11.3 Å². The van der Waals surface area contributed by atoms with Gasteiger partial charge in [-0.3, -0.25) is 4.79 Å². The van der Waals surface area contributed by atoms with Gasteiger partial charge in [0.2, 0.25) is 11.8 Å². The number of nitrogens with one attached hydrogen (secondary N) is 1. The first-order valence-electron chi connectivity index (χ1n) is 10.8. The summed E-state index contributed by atoms with van der Waals surface area (Å²) in [7, 11) is 0. The van der Waals surface area contributed by atoms with Crippen LogP contribution in [0.5, 0.6) is 5.88 Å². The average Bonchev–Trinajstić information content (AvgIpc) is 2.71. The molecular weight excluding hydrogens is 459 g/mol. The molecule has 0 unspecified atom stereocenters. The van der Waals surface area contributed by atoms with Crippen LogP contribution in [0.15, 0.2) is 30.6 Å². The number of hydrogen-bond donors (Lipinski definition) is 1. The molecular formula is C23H27ClF3N3O3. The predicted octanol–water partition coefficient (Wildman–Crippen LogP) is 4.63. The molecule has 10 heteroatoms. The van der Waals surface area contributed by atoms with Crippen molar-refractivity contribution in [2.24, 2.45) is 5.92 Å². The Labute approximate surface area is 195 Å². The van der Waals surface area contributed by atoms with Gasteiger partial charge in [0.25, 0.3) is 0 Å². The zero-order valence-corrected chi connectivity index (χ0v) is 19.2. The van der Waals surface area contributed by atoms with Crippen molar-refractivity contribution < 1.29 is 27.4 Å². The van der Waals surface area contributed by atoms with Crippen molar-refractivity contribution in [1.29, 1.82) is 0 Å². The lowest BCUT2D eigenvalue weighted by atomic mass is 9.83. The largest absolute Gasteiger partial charge is 0.476 e. The van der Waals surface area contributed by atoms with Crippen LogP contribution in [0.4, 0.5) is 13.2 Å². The van der Waals surface area contributed by atoms with Gasteiger partial charge in [-0.25, -0.2) is 9.97 Å². The normalized spacial score (nSPS) is 19.0. The summed E-state index contributed by atoms with van der Waals surface area (Å²) in [5.74, 6) is 0.502. The number of benzene rings is 1. The van der Waals surface area contributed by atoms with Gasteiger partial charge in [-0.2, -0.15) is 13.2 Å². The second-order valence-electron chi connectivity index (χ2n) is 8.34. The summed E-state index contributed by atoms with van der Waals surface area (Å²) in [5.41, 5.74) is 0.404. The minimum Gasteiger partial charge on any atom is -0.476 e. The molecule has 1 fully saturated rings. The molecule has 1 aliphatic carbocycles. The fraction of sp³-hybridized carbons (Fsp3) is 0.522. The lowest BCUT2D eigenvalue weighted by Gasteiger charge is -2.35. The van der Waals surface area contributed by atoms with Crippen LogP contribution < -0.4 is 10.1 Å². The quantitative estimate of drug-likeness (QED) is 0.531. The molecule has 1 amide bonds. The van der Waals surface area contributed by atoms with Gasteiger partial charge in [0.05, 0.1) is 30.6 Å². The molecule has 1 heterocycles. The highest BCUT2D eigenvalue weighted by Gasteiger charge is 2.31. The van der Waals surface area contributed by atoms with Crippen molar-refractivity contribution in [2.75, 3.05) is 13.2 Å². The van der Waals surface area contributed by atoms with Crippen molar-refractivity contribution in [3.63, 3.8) is 0 Å². The third kappa shape index (κ3) is 7.57. The Kier molecular flexibility index (Phi) is 8.53. The fourth-order valence-electron chi connectivity index (χ4n) is 3.64. The maximum absolute atomic E-state index is 12.9. The number of aryl methyl sites for hydroxylation is 2. The molecule has 0 saturated heterocycles. The van der Waals surface area contributed by atoms with E-state index in [4.69, 9.17) is 21.1 Å². The van der Waals surface area contributed by atoms with Crippen molar-refractivity contribution in [3.05, 3.63) is 52.4 Å². The molecule has 0 aliphatic heterocycles. The summed E-state index contributed by atoms with van der Waals surface area (Å²) in [5, 5.41) is 3.06. The Morgan fingerprint density at radius 1 is 1.27 bits per heavy atom. The zero-order valence-electron chi connectivity index (χ0n) is 18.5. The number of carbonyl (C=O) groups excluding carboxylic acids is 1. The average molecular weight is 486 g/mol. The van der Waals surface area contributed by atoms with Gasteiger partial charge in [-0.1, -0.05) is 29.8 Å². The first-order chi connectivity index (χ1) is 15.6. The Balaban J connectivity index is 1.45. The third-order valence-corrected chi connectivity index (χ3v) is 5.79. The number of carbonyl (C=O) groups is 1. The number of rotatable bonds is 10. The van der Waals surface area contributed by atoms with Gasteiger partial charge in [0, 0.05) is 13.0 Å². The molecule has 1 aromatic heterocycles. The van der Waals surface area contributed by atoms with Crippen LogP contribution >= 0.6 is 11.6 Å². The van der Waals surface area contributed by atoms with Gasteiger partial charge in [-0.05, 0) is 50.2 Å². The summed E-state index contributed by atoms with van der Waals surface area (Å²) in [6.45, 7) is 4.26. The van der Waals surface area contributed by atoms with Crippen LogP contribution in [-0.2, 0) is 28.5 Å². The number of halogens is 4. The lowest BCUT2D eigenvalue weighted by molar-refractivity contribution is -0.137. The molecule has 1 saturated carbocycles. The minimum absolute atomic E-state index is 0.0352. The fourth-order valence-corrected chi connectivity index (χ4v) is 3.89. The van der Waals surface area contributed by atoms with Gasteiger partial charge in [0.15, 0.2) is 0 Å². The molecule has 1 aromatic carbocycles. The first kappa shape index (κ1) is 25.2. The van der Waals surface area contributed by atoms with Crippen LogP contribution in [-0.4, -0.2) is 41.2 Å². The number of nitrogens with zero attached hydrogens (tertiary/aromatic N) is 2. The second kappa shape index (κ2) is 11.2. The van der Waals surface area contributed by atoms with E-state index in [1.54, 1.807) is 6.07 Å². The zero-order chi connectivity index (χ0) is 24.0. The number of ether oxygens (including phenoxy) is 2. The summed E-state index contributed by atoms with van der Waals surface area (Å²) in [6, 6.07) is 5.19. The number of hydrogen-bond acceptors (Lipinski definition) is 5. The standard InChI is InChI=1S/C23H27ClF3N3O3/c1-14(30-15(2)31)11-32-19-9-17(10-19)12-33-22-21(24)20(28-13-29-22)7-6-16-4-3-5-18(8-16)23(25,26)27/h3-5,8,13-14,17,19H,6-7,9-12H2,1-2H3,(H,30,31)/t14-,17?,19?/m0/s1. The topological polar surface area (TPSA) is 73.3 Å². The van der Waals surface area contributed by atoms with Gasteiger partial charge < -0.3 is 14.8 Å². The summed E-state index contributed by atoms with van der Waals surface area (Å²) in [6.07, 6.45) is -0.476. The van der Waals surface area contributed by atoms with E-state index in [0.29, 0.717) is 43.2 Å². The molecule has 1 aliphatic rings. The Bertz CT molecular complexity index is 952. The Morgan fingerprint density at radius 3 is 2.73 bits per heavy atom. The van der Waals surface area contributed by atoms with E-state index in [2.05, 4.69) is 15.3 Å². The Morgan fingerprint density at radius 2 is 2.03 bits per heavy atom. The van der Waals surface area contributed by atoms with Crippen LogP contribution in [0.1, 0.15) is 43.5 Å². The maximum atomic E-state index is 12.9. The van der Waals surface area contributed by atoms with E-state index >= 15 is 0 Å². The maximum Gasteiger partial charge on any atom is 0.416 e. The van der Waals surface area contributed by atoms with E-state index in [-0.39, 0.29) is 29.0 Å². The number of aromatic nitrogens is 2. The number of amides is 1. The van der Waals surface area contributed by atoms with E-state index in [1.807, 2.05) is 6.92 Å². The smallest absolute Gasteiger partial charge is 0.416 e. The predicted molar refractivity (Wildman–Crippen MR) is 117 cm³/mol. The lowest BCUT2D eigenvalue weighted by Crippen LogP contribution is -2.40. The highest BCUT2D eigenvalue weighted by atomic mass is 35.5. The van der Waals surface area contributed by atoms with Crippen molar-refractivity contribution in [3.8, 4) is 5.88 Å². The minimum atomic E-state index is -4.38. The van der Waals surface area contributed by atoms with Gasteiger partial charge in [-0.15, -0.1) is 0 Å². The monoisotopic (exact) mass is 485 g/mol.